The molecule has 2 N–H and O–H groups in total. The van der Waals surface area contributed by atoms with Crippen molar-refractivity contribution >= 4 is 40.6 Å². The van der Waals surface area contributed by atoms with E-state index in [-0.39, 0.29) is 22.0 Å². The predicted octanol–water partition coefficient (Wildman–Crippen LogP) is 4.58. The Kier molecular flexibility index (Phi) is 5.87. The number of benzene rings is 3. The molecule has 1 atom stereocenters. The summed E-state index contributed by atoms with van der Waals surface area (Å²) in [6.45, 7) is 0. The van der Waals surface area contributed by atoms with Crippen molar-refractivity contribution in [3.8, 4) is 0 Å². The monoisotopic (exact) mass is 454 g/mol. The molecule has 162 valence electrons. The van der Waals surface area contributed by atoms with Crippen LogP contribution in [0.5, 0.6) is 0 Å². The molecule has 0 spiro atoms. The molecule has 0 saturated heterocycles. The van der Waals surface area contributed by atoms with Crippen molar-refractivity contribution in [1.29, 1.82) is 0 Å². The van der Waals surface area contributed by atoms with Crippen LogP contribution in [0.4, 0.5) is 25.0 Å². The summed E-state index contributed by atoms with van der Waals surface area (Å²) in [7, 11) is 1.53. The third-order valence-electron chi connectivity index (χ3n) is 4.94. The molecule has 0 aliphatic carbocycles. The van der Waals surface area contributed by atoms with Gasteiger partial charge in [0, 0.05) is 18.2 Å². The molecule has 9 heteroatoms. The van der Waals surface area contributed by atoms with Gasteiger partial charge in [0.1, 0.15) is 5.82 Å². The summed E-state index contributed by atoms with van der Waals surface area (Å²) < 4.78 is 28.8. The zero-order valence-corrected chi connectivity index (χ0v) is 17.5. The number of anilines is 2. The highest BCUT2D eigenvalue weighted by Crippen LogP contribution is 2.28. The van der Waals surface area contributed by atoms with Gasteiger partial charge in [-0.25, -0.2) is 18.6 Å². The number of rotatable bonds is 3. The van der Waals surface area contributed by atoms with Gasteiger partial charge in [-0.05, 0) is 30.3 Å². The van der Waals surface area contributed by atoms with Crippen LogP contribution in [0.2, 0.25) is 5.02 Å². The van der Waals surface area contributed by atoms with Crippen LogP contribution in [0.15, 0.2) is 71.7 Å². The summed E-state index contributed by atoms with van der Waals surface area (Å²) in [5, 5.41) is 4.58. The van der Waals surface area contributed by atoms with E-state index in [1.165, 1.54) is 36.2 Å². The van der Waals surface area contributed by atoms with Crippen molar-refractivity contribution in [2.24, 2.45) is 4.99 Å². The number of carbonyl (C=O) groups excluding carboxylic acids is 2. The first-order valence-corrected chi connectivity index (χ1v) is 9.96. The third kappa shape index (κ3) is 4.04. The molecule has 0 bridgehead atoms. The van der Waals surface area contributed by atoms with Gasteiger partial charge in [0.2, 0.25) is 6.17 Å². The van der Waals surface area contributed by atoms with E-state index in [2.05, 4.69) is 15.6 Å². The van der Waals surface area contributed by atoms with E-state index in [0.717, 1.165) is 0 Å². The van der Waals surface area contributed by atoms with Crippen molar-refractivity contribution in [1.82, 2.24) is 5.32 Å². The number of likely N-dealkylation sites (N-methyl/N-ethyl adjacent to an activating group) is 1. The quantitative estimate of drug-likeness (QED) is 0.608. The fourth-order valence-corrected chi connectivity index (χ4v) is 3.54. The van der Waals surface area contributed by atoms with Gasteiger partial charge in [0.25, 0.3) is 5.91 Å². The number of nitrogens with zero attached hydrogens (tertiary/aromatic N) is 2. The maximum absolute atomic E-state index is 14.6. The van der Waals surface area contributed by atoms with Gasteiger partial charge in [-0.1, -0.05) is 48.0 Å². The number of halogens is 3. The van der Waals surface area contributed by atoms with E-state index in [1.807, 2.05) is 0 Å². The van der Waals surface area contributed by atoms with Gasteiger partial charge >= 0.3 is 6.03 Å². The van der Waals surface area contributed by atoms with Gasteiger partial charge in [0.05, 0.1) is 22.1 Å². The zero-order chi connectivity index (χ0) is 22.8. The fraction of sp³-hybridized carbons (Fsp3) is 0.0870. The van der Waals surface area contributed by atoms with Crippen molar-refractivity contribution in [2.75, 3.05) is 17.3 Å². The van der Waals surface area contributed by atoms with Gasteiger partial charge in [-0.2, -0.15) is 0 Å². The van der Waals surface area contributed by atoms with E-state index in [9.17, 15) is 18.4 Å². The second-order valence-corrected chi connectivity index (χ2v) is 7.38. The molecular weight excluding hydrogens is 438 g/mol. The molecule has 1 aliphatic heterocycles. The average Bonchev–Trinajstić information content (AvgIpc) is 2.88. The fourth-order valence-electron chi connectivity index (χ4n) is 3.37. The van der Waals surface area contributed by atoms with E-state index in [4.69, 9.17) is 11.6 Å². The standard InChI is InChI=1S/C23H17ClF2N4O2/c1-30-18-12-5-3-8-14(18)20(13-7-2-4-10-16(13)25)28-21(22(30)31)29-23(32)27-17-11-6-9-15(24)19(17)26/h2-12,21H,1H3,(H2,27,29,32). The van der Waals surface area contributed by atoms with Crippen molar-refractivity contribution in [3.63, 3.8) is 0 Å². The molecule has 6 nitrogen and oxygen atoms in total. The molecule has 0 radical (unpaired) electrons. The molecule has 0 aromatic heterocycles. The lowest BCUT2D eigenvalue weighted by Gasteiger charge is -2.21. The summed E-state index contributed by atoms with van der Waals surface area (Å²) in [4.78, 5) is 31.3. The molecule has 32 heavy (non-hydrogen) atoms. The normalized spacial score (nSPS) is 15.5. The number of hydrogen-bond acceptors (Lipinski definition) is 3. The highest BCUT2D eigenvalue weighted by Gasteiger charge is 2.31. The Morgan fingerprint density at radius 3 is 2.44 bits per heavy atom. The van der Waals surface area contributed by atoms with E-state index < -0.39 is 29.7 Å². The molecule has 1 heterocycles. The number of carbonyl (C=O) groups is 2. The highest BCUT2D eigenvalue weighted by atomic mass is 35.5. The Hall–Kier alpha value is -3.78. The summed E-state index contributed by atoms with van der Waals surface area (Å²) in [6.07, 6.45) is -1.38. The number of para-hydroxylation sites is 1. The first kappa shape index (κ1) is 21.5. The summed E-state index contributed by atoms with van der Waals surface area (Å²) >= 11 is 5.74. The minimum Gasteiger partial charge on any atom is -0.311 e. The van der Waals surface area contributed by atoms with E-state index in [1.54, 1.807) is 42.5 Å². The first-order valence-electron chi connectivity index (χ1n) is 9.58. The van der Waals surface area contributed by atoms with Gasteiger partial charge in [-0.15, -0.1) is 0 Å². The minimum absolute atomic E-state index is 0.161. The molecule has 1 aliphatic rings. The molecule has 1 unspecified atom stereocenters. The second-order valence-electron chi connectivity index (χ2n) is 6.97. The number of nitrogens with one attached hydrogen (secondary N) is 2. The Morgan fingerprint density at radius 1 is 1.00 bits per heavy atom. The Bertz CT molecular complexity index is 1250. The van der Waals surface area contributed by atoms with Crippen molar-refractivity contribution in [3.05, 3.63) is 94.5 Å². The molecule has 0 fully saturated rings. The maximum atomic E-state index is 14.6. The summed E-state index contributed by atoms with van der Waals surface area (Å²) in [5.74, 6) is -1.88. The van der Waals surface area contributed by atoms with Crippen molar-refractivity contribution in [2.45, 2.75) is 6.17 Å². The zero-order valence-electron chi connectivity index (χ0n) is 16.8. The van der Waals surface area contributed by atoms with Gasteiger partial charge < -0.3 is 15.5 Å². The SMILES string of the molecule is CN1C(=O)C(NC(=O)Nc2cccc(Cl)c2F)N=C(c2ccccc2F)c2ccccc21. The Balaban J connectivity index is 1.72. The highest BCUT2D eigenvalue weighted by molar-refractivity contribution is 6.31. The molecule has 4 rings (SSSR count). The van der Waals surface area contributed by atoms with E-state index >= 15 is 0 Å². The average molecular weight is 455 g/mol. The topological polar surface area (TPSA) is 73.8 Å². The van der Waals surface area contributed by atoms with Crippen LogP contribution in [0, 0.1) is 11.6 Å². The third-order valence-corrected chi connectivity index (χ3v) is 5.23. The molecular formula is C23H17ClF2N4O2. The van der Waals surface area contributed by atoms with Gasteiger partial charge in [-0.3, -0.25) is 4.79 Å². The minimum atomic E-state index is -1.38. The van der Waals surface area contributed by atoms with Crippen molar-refractivity contribution < 1.29 is 18.4 Å². The number of benzodiazepines with no additional fused rings is 1. The van der Waals surface area contributed by atoms with Crippen LogP contribution in [-0.4, -0.2) is 30.9 Å². The number of urea groups is 1. The first-order chi connectivity index (χ1) is 15.4. The van der Waals surface area contributed by atoms with Crippen LogP contribution in [0.3, 0.4) is 0 Å². The largest absolute Gasteiger partial charge is 0.321 e. The molecule has 3 amide bonds. The molecule has 3 aromatic carbocycles. The van der Waals surface area contributed by atoms with Crippen LogP contribution in [0.25, 0.3) is 0 Å². The summed E-state index contributed by atoms with van der Waals surface area (Å²) in [6, 6.07) is 16.2. The molecule has 3 aromatic rings. The Labute approximate surface area is 187 Å². The maximum Gasteiger partial charge on any atom is 0.321 e. The number of fused-ring (bicyclic) bond motifs is 1. The number of aliphatic imine (C=N–C) groups is 1. The lowest BCUT2D eigenvalue weighted by Crippen LogP contribution is -2.47. The smallest absolute Gasteiger partial charge is 0.311 e. The lowest BCUT2D eigenvalue weighted by atomic mass is 10.00. The lowest BCUT2D eigenvalue weighted by molar-refractivity contribution is -0.119. The number of amides is 3. The van der Waals surface area contributed by atoms with Gasteiger partial charge in [0.15, 0.2) is 5.82 Å². The van der Waals surface area contributed by atoms with Crippen LogP contribution in [0.1, 0.15) is 11.1 Å². The molecule has 0 saturated carbocycles. The number of hydrogen-bond donors (Lipinski definition) is 2. The summed E-state index contributed by atoms with van der Waals surface area (Å²) in [5.41, 5.74) is 1.25. The van der Waals surface area contributed by atoms with Crippen LogP contribution < -0.4 is 15.5 Å². The predicted molar refractivity (Wildman–Crippen MR) is 119 cm³/mol. The van der Waals surface area contributed by atoms with Crippen LogP contribution >= 0.6 is 11.6 Å². The Morgan fingerprint density at radius 2 is 1.69 bits per heavy atom. The second kappa shape index (κ2) is 8.76. The van der Waals surface area contributed by atoms with Crippen LogP contribution in [-0.2, 0) is 4.79 Å². The van der Waals surface area contributed by atoms with E-state index in [0.29, 0.717) is 11.3 Å².